The van der Waals surface area contributed by atoms with E-state index >= 15 is 0 Å². The second kappa shape index (κ2) is 40.4. The number of nitrogens with zero attached hydrogens (tertiary/aromatic N) is 1. The third kappa shape index (κ3) is 39.4. The first-order chi connectivity index (χ1) is 20.9. The Balaban J connectivity index is 3.09. The van der Waals surface area contributed by atoms with Gasteiger partial charge in [-0.15, -0.1) is 0 Å². The van der Waals surface area contributed by atoms with Gasteiger partial charge in [0.2, 0.25) is 0 Å². The molecule has 0 radical (unpaired) electrons. The molecule has 250 valence electrons. The molecule has 2 nitrogen and oxygen atoms in total. The van der Waals surface area contributed by atoms with E-state index in [0.29, 0.717) is 0 Å². The topological polar surface area (TPSA) is 24.4 Å². The molecule has 0 aliphatic rings. The monoisotopic (exact) mass is 589 g/mol. The lowest BCUT2D eigenvalue weighted by Crippen LogP contribution is -2.16. The van der Waals surface area contributed by atoms with Crippen LogP contribution in [0, 0.1) is 0 Å². The minimum atomic E-state index is 1.06. The molecule has 0 aromatic carbocycles. The minimum absolute atomic E-state index is 1.06. The highest BCUT2D eigenvalue weighted by Gasteiger charge is 1.96. The van der Waals surface area contributed by atoms with E-state index < -0.39 is 0 Å². The Morgan fingerprint density at radius 1 is 0.357 bits per heavy atom. The smallest absolute Gasteiger partial charge is 0.0385 e. The summed E-state index contributed by atoms with van der Waals surface area (Å²) in [6, 6.07) is 0. The van der Waals surface area contributed by atoms with Crippen LogP contribution in [0.5, 0.6) is 0 Å². The first-order valence-electron chi connectivity index (χ1n) is 19.8. The van der Waals surface area contributed by atoms with Crippen molar-refractivity contribution in [2.75, 3.05) is 19.6 Å². The Hall–Kier alpha value is -0.630. The molecule has 0 atom stereocenters. The van der Waals surface area contributed by atoms with E-state index in [1.165, 1.54) is 219 Å². The third-order valence-corrected chi connectivity index (χ3v) is 8.82. The number of hydrogen-bond donors (Lipinski definition) is 1. The van der Waals surface area contributed by atoms with E-state index in [0.717, 1.165) is 6.54 Å². The fraction of sp³-hybridized carbons (Fsp3) is 0.925. The molecule has 0 saturated heterocycles. The molecule has 0 spiro atoms. The van der Waals surface area contributed by atoms with Gasteiger partial charge in [-0.2, -0.15) is 0 Å². The predicted octanol–water partition coefficient (Wildman–Crippen LogP) is 13.7. The molecule has 2 heteroatoms. The van der Waals surface area contributed by atoms with E-state index in [-0.39, 0.29) is 0 Å². The number of unbranched alkanes of at least 4 members (excludes halogenated alkanes) is 28. The van der Waals surface area contributed by atoms with Gasteiger partial charge in [0, 0.05) is 6.54 Å². The molecule has 0 heterocycles. The lowest BCUT2D eigenvalue weighted by atomic mass is 10.1. The fourth-order valence-electron chi connectivity index (χ4n) is 5.87. The highest BCUT2D eigenvalue weighted by molar-refractivity contribution is 5.56. The van der Waals surface area contributed by atoms with Crippen LogP contribution in [-0.2, 0) is 0 Å². The number of allylic oxidation sites excluding steroid dienone is 2. The Morgan fingerprint density at radius 2 is 0.690 bits per heavy atom. The molecule has 0 aromatic rings. The molecule has 0 amide bonds. The van der Waals surface area contributed by atoms with Crippen molar-refractivity contribution in [2.24, 2.45) is 4.99 Å². The van der Waals surface area contributed by atoms with Gasteiger partial charge in [-0.05, 0) is 77.1 Å². The molecule has 0 fully saturated rings. The Morgan fingerprint density at radius 3 is 1.12 bits per heavy atom. The van der Waals surface area contributed by atoms with E-state index in [2.05, 4.69) is 42.5 Å². The van der Waals surface area contributed by atoms with Crippen LogP contribution in [0.25, 0.3) is 0 Å². The lowest BCUT2D eigenvalue weighted by molar-refractivity contribution is 0.527. The van der Waals surface area contributed by atoms with E-state index in [4.69, 9.17) is 0 Å². The average Bonchev–Trinajstić information content (AvgIpc) is 3.00. The zero-order chi connectivity index (χ0) is 30.3. The van der Waals surface area contributed by atoms with Gasteiger partial charge < -0.3 is 5.32 Å². The van der Waals surface area contributed by atoms with Crippen LogP contribution in [0.15, 0.2) is 17.1 Å². The normalized spacial score (nSPS) is 12.0. The summed E-state index contributed by atoms with van der Waals surface area (Å²) in [6.45, 7) is 8.10. The SMILES string of the molecule is CCCCCCCC/C=N\CCCCCCCCCCCCCNCCCCCCCC/C=C/CCCCCCCC. The predicted molar refractivity (Wildman–Crippen MR) is 194 cm³/mol. The summed E-state index contributed by atoms with van der Waals surface area (Å²) in [5.74, 6) is 0. The van der Waals surface area contributed by atoms with Crippen molar-refractivity contribution in [1.29, 1.82) is 0 Å². The number of nitrogens with one attached hydrogen (secondary N) is 1. The molecular formula is C40H80N2. The highest BCUT2D eigenvalue weighted by Crippen LogP contribution is 2.12. The molecule has 0 aromatic heterocycles. The largest absolute Gasteiger partial charge is 0.317 e. The third-order valence-electron chi connectivity index (χ3n) is 8.82. The van der Waals surface area contributed by atoms with Crippen molar-refractivity contribution < 1.29 is 0 Å². The maximum absolute atomic E-state index is 4.61. The maximum atomic E-state index is 4.61. The molecular weight excluding hydrogens is 508 g/mol. The molecule has 0 saturated carbocycles. The van der Waals surface area contributed by atoms with Gasteiger partial charge in [-0.1, -0.05) is 174 Å². The summed E-state index contributed by atoms with van der Waals surface area (Å²) in [5.41, 5.74) is 0. The second-order valence-electron chi connectivity index (χ2n) is 13.2. The number of rotatable bonds is 37. The highest BCUT2D eigenvalue weighted by atomic mass is 14.8. The molecule has 1 N–H and O–H groups in total. The first-order valence-corrected chi connectivity index (χ1v) is 19.8. The quantitative estimate of drug-likeness (QED) is 0.0435. The Labute approximate surface area is 267 Å². The summed E-state index contributed by atoms with van der Waals surface area (Å²) < 4.78 is 0. The van der Waals surface area contributed by atoms with Gasteiger partial charge in [-0.25, -0.2) is 0 Å². The van der Waals surface area contributed by atoms with Crippen LogP contribution in [0.3, 0.4) is 0 Å². The van der Waals surface area contributed by atoms with Gasteiger partial charge in [0.25, 0.3) is 0 Å². The van der Waals surface area contributed by atoms with Gasteiger partial charge in [0.1, 0.15) is 0 Å². The fourth-order valence-corrected chi connectivity index (χ4v) is 5.87. The molecule has 0 bridgehead atoms. The molecule has 0 rings (SSSR count). The average molecular weight is 589 g/mol. The van der Waals surface area contributed by atoms with Crippen molar-refractivity contribution in [3.8, 4) is 0 Å². The van der Waals surface area contributed by atoms with Gasteiger partial charge >= 0.3 is 0 Å². The van der Waals surface area contributed by atoms with E-state index in [1.54, 1.807) is 0 Å². The summed E-state index contributed by atoms with van der Waals surface area (Å²) in [7, 11) is 0. The van der Waals surface area contributed by atoms with Crippen LogP contribution in [0.1, 0.15) is 219 Å². The molecule has 0 unspecified atom stereocenters. The summed E-state index contributed by atoms with van der Waals surface area (Å²) in [5, 5.41) is 3.68. The van der Waals surface area contributed by atoms with E-state index in [1.807, 2.05) is 0 Å². The molecule has 0 aliphatic carbocycles. The summed E-state index contributed by atoms with van der Waals surface area (Å²) in [6.07, 6.45) is 51.6. The van der Waals surface area contributed by atoms with Crippen molar-refractivity contribution in [2.45, 2.75) is 219 Å². The van der Waals surface area contributed by atoms with Crippen LogP contribution in [0.4, 0.5) is 0 Å². The van der Waals surface area contributed by atoms with E-state index in [9.17, 15) is 0 Å². The van der Waals surface area contributed by atoms with Crippen LogP contribution in [0.2, 0.25) is 0 Å². The maximum Gasteiger partial charge on any atom is 0.0385 e. The first kappa shape index (κ1) is 41.4. The summed E-state index contributed by atoms with van der Waals surface area (Å²) in [4.78, 5) is 4.61. The molecule has 0 aliphatic heterocycles. The van der Waals surface area contributed by atoms with Gasteiger partial charge in [-0.3, -0.25) is 4.99 Å². The minimum Gasteiger partial charge on any atom is -0.317 e. The van der Waals surface area contributed by atoms with Crippen LogP contribution >= 0.6 is 0 Å². The Kier molecular flexibility index (Phi) is 39.8. The lowest BCUT2D eigenvalue weighted by Gasteiger charge is -2.05. The Bertz CT molecular complexity index is 466. The standard InChI is InChI=1S/C40H80N2/c1-3-5-7-9-11-12-13-14-15-16-17-19-22-26-30-35-39-42-40-36-32-28-24-21-18-20-23-27-31-34-38-41-37-33-29-25-10-8-6-4-2/h14-15,37,42H,3-13,16-36,38-40H2,1-2H3/b15-14+,41-37-. The summed E-state index contributed by atoms with van der Waals surface area (Å²) >= 11 is 0. The zero-order valence-corrected chi connectivity index (χ0v) is 29.4. The number of hydrogen-bond acceptors (Lipinski definition) is 2. The van der Waals surface area contributed by atoms with Crippen LogP contribution < -0.4 is 5.32 Å². The van der Waals surface area contributed by atoms with Gasteiger partial charge in [0.15, 0.2) is 0 Å². The van der Waals surface area contributed by atoms with Gasteiger partial charge in [0.05, 0.1) is 0 Å². The van der Waals surface area contributed by atoms with Crippen molar-refractivity contribution in [1.82, 2.24) is 5.32 Å². The van der Waals surface area contributed by atoms with Crippen molar-refractivity contribution >= 4 is 6.21 Å². The molecule has 42 heavy (non-hydrogen) atoms. The van der Waals surface area contributed by atoms with Crippen LogP contribution in [-0.4, -0.2) is 25.8 Å². The number of aliphatic imine (C=N–C) groups is 1. The van der Waals surface area contributed by atoms with Crippen molar-refractivity contribution in [3.63, 3.8) is 0 Å². The second-order valence-corrected chi connectivity index (χ2v) is 13.2. The zero-order valence-electron chi connectivity index (χ0n) is 29.4. The van der Waals surface area contributed by atoms with Crippen molar-refractivity contribution in [3.05, 3.63) is 12.2 Å².